The number of ether oxygens (including phenoxy) is 1. The zero-order chi connectivity index (χ0) is 14.7. The molecule has 0 aliphatic carbocycles. The van der Waals surface area contributed by atoms with Gasteiger partial charge in [0.2, 0.25) is 0 Å². The number of nitrogens with zero attached hydrogens (tertiary/aromatic N) is 2. The predicted molar refractivity (Wildman–Crippen MR) is 84.5 cm³/mol. The van der Waals surface area contributed by atoms with Gasteiger partial charge >= 0.3 is 0 Å². The molecule has 0 saturated heterocycles. The summed E-state index contributed by atoms with van der Waals surface area (Å²) in [5.74, 6) is 2.81. The Balaban J connectivity index is 2.32. The van der Waals surface area contributed by atoms with Crippen LogP contribution in [0.5, 0.6) is 5.75 Å². The Morgan fingerprint density at radius 2 is 1.95 bits per heavy atom. The molecule has 0 aliphatic heterocycles. The Bertz CT molecular complexity index is 616. The van der Waals surface area contributed by atoms with Gasteiger partial charge < -0.3 is 15.8 Å². The molecule has 0 unspecified atom stereocenters. The molecule has 2 aromatic rings. The average molecular weight is 337 g/mol. The minimum Gasteiger partial charge on any atom is -0.497 e. The Morgan fingerprint density at radius 1 is 1.20 bits per heavy atom. The van der Waals surface area contributed by atoms with Crippen LogP contribution in [0.25, 0.3) is 0 Å². The lowest BCUT2D eigenvalue weighted by atomic mass is 10.2. The summed E-state index contributed by atoms with van der Waals surface area (Å²) in [6.45, 7) is 4.06. The standard InChI is InChI=1S/C14H17BrN4O/c1-8(2)14-18-12(16)7-13(19-14)17-10-4-9(15)5-11(6-10)20-3/h4-8H,1-3H3,(H3,16,17,18,19). The van der Waals surface area contributed by atoms with Gasteiger partial charge in [0.1, 0.15) is 23.2 Å². The van der Waals surface area contributed by atoms with Gasteiger partial charge in [0.25, 0.3) is 0 Å². The number of benzene rings is 1. The molecule has 0 atom stereocenters. The summed E-state index contributed by atoms with van der Waals surface area (Å²) >= 11 is 3.44. The predicted octanol–water partition coefficient (Wildman–Crippen LogP) is 3.70. The van der Waals surface area contributed by atoms with Crippen LogP contribution in [0.2, 0.25) is 0 Å². The third-order valence-electron chi connectivity index (χ3n) is 2.66. The van der Waals surface area contributed by atoms with E-state index in [0.717, 1.165) is 21.7 Å². The largest absolute Gasteiger partial charge is 0.497 e. The molecule has 0 aliphatic rings. The second kappa shape index (κ2) is 6.09. The molecule has 20 heavy (non-hydrogen) atoms. The lowest BCUT2D eigenvalue weighted by Gasteiger charge is -2.11. The van der Waals surface area contributed by atoms with Gasteiger partial charge in [0, 0.05) is 28.2 Å². The number of hydrogen-bond donors (Lipinski definition) is 2. The average Bonchev–Trinajstić information content (AvgIpc) is 2.37. The van der Waals surface area contributed by atoms with Crippen LogP contribution >= 0.6 is 15.9 Å². The van der Waals surface area contributed by atoms with Gasteiger partial charge in [0.05, 0.1) is 7.11 Å². The van der Waals surface area contributed by atoms with Crippen LogP contribution in [-0.2, 0) is 0 Å². The van der Waals surface area contributed by atoms with Crippen molar-refractivity contribution in [2.24, 2.45) is 0 Å². The van der Waals surface area contributed by atoms with Crippen molar-refractivity contribution in [3.63, 3.8) is 0 Å². The summed E-state index contributed by atoms with van der Waals surface area (Å²) in [4.78, 5) is 8.67. The van der Waals surface area contributed by atoms with E-state index < -0.39 is 0 Å². The third kappa shape index (κ3) is 3.60. The molecule has 1 heterocycles. The molecule has 1 aromatic heterocycles. The smallest absolute Gasteiger partial charge is 0.136 e. The Labute approximate surface area is 126 Å². The zero-order valence-electron chi connectivity index (χ0n) is 11.6. The van der Waals surface area contributed by atoms with Gasteiger partial charge in [0.15, 0.2) is 0 Å². The van der Waals surface area contributed by atoms with Crippen LogP contribution in [0, 0.1) is 0 Å². The van der Waals surface area contributed by atoms with E-state index in [1.807, 2.05) is 32.0 Å². The molecule has 0 spiro atoms. The maximum Gasteiger partial charge on any atom is 0.136 e. The molecule has 0 saturated carbocycles. The first-order chi connectivity index (χ1) is 9.47. The van der Waals surface area contributed by atoms with Gasteiger partial charge in [-0.1, -0.05) is 29.8 Å². The minimum atomic E-state index is 0.219. The molecular formula is C14H17BrN4O. The highest BCUT2D eigenvalue weighted by Gasteiger charge is 2.07. The van der Waals surface area contributed by atoms with E-state index in [1.54, 1.807) is 13.2 Å². The highest BCUT2D eigenvalue weighted by Crippen LogP contribution is 2.27. The van der Waals surface area contributed by atoms with Crippen LogP contribution in [-0.4, -0.2) is 17.1 Å². The van der Waals surface area contributed by atoms with Crippen LogP contribution < -0.4 is 15.8 Å². The van der Waals surface area contributed by atoms with Crippen molar-refractivity contribution < 1.29 is 4.74 Å². The van der Waals surface area contributed by atoms with E-state index in [9.17, 15) is 0 Å². The Morgan fingerprint density at radius 3 is 2.60 bits per heavy atom. The number of hydrogen-bond acceptors (Lipinski definition) is 5. The number of anilines is 3. The van der Waals surface area contributed by atoms with Crippen molar-refractivity contribution in [3.05, 3.63) is 34.6 Å². The first-order valence-corrected chi connectivity index (χ1v) is 7.03. The van der Waals surface area contributed by atoms with Crippen LogP contribution in [0.15, 0.2) is 28.7 Å². The molecule has 3 N–H and O–H groups in total. The van der Waals surface area contributed by atoms with Crippen molar-refractivity contribution in [1.82, 2.24) is 9.97 Å². The van der Waals surface area contributed by atoms with Gasteiger partial charge in [-0.3, -0.25) is 0 Å². The van der Waals surface area contributed by atoms with Crippen molar-refractivity contribution in [2.45, 2.75) is 19.8 Å². The Hall–Kier alpha value is -1.82. The van der Waals surface area contributed by atoms with Crippen LogP contribution in [0.3, 0.4) is 0 Å². The summed E-state index contributed by atoms with van der Waals surface area (Å²) < 4.78 is 6.15. The molecule has 6 heteroatoms. The molecule has 0 radical (unpaired) electrons. The monoisotopic (exact) mass is 336 g/mol. The SMILES string of the molecule is COc1cc(Br)cc(Nc2cc(N)nc(C(C)C)n2)c1. The van der Waals surface area contributed by atoms with E-state index in [-0.39, 0.29) is 5.92 Å². The lowest BCUT2D eigenvalue weighted by molar-refractivity contribution is 0.415. The number of methoxy groups -OCH3 is 1. The number of halogens is 1. The highest BCUT2D eigenvalue weighted by molar-refractivity contribution is 9.10. The summed E-state index contributed by atoms with van der Waals surface area (Å²) in [6.07, 6.45) is 0. The van der Waals surface area contributed by atoms with Gasteiger partial charge in [-0.05, 0) is 12.1 Å². The number of aromatic nitrogens is 2. The minimum absolute atomic E-state index is 0.219. The van der Waals surface area contributed by atoms with Crippen LogP contribution in [0.1, 0.15) is 25.6 Å². The van der Waals surface area contributed by atoms with Gasteiger partial charge in [-0.2, -0.15) is 0 Å². The molecule has 2 rings (SSSR count). The van der Waals surface area contributed by atoms with Crippen molar-refractivity contribution in [3.8, 4) is 5.75 Å². The summed E-state index contributed by atoms with van der Waals surface area (Å²) in [5.41, 5.74) is 6.68. The fourth-order valence-corrected chi connectivity index (χ4v) is 2.18. The summed E-state index contributed by atoms with van der Waals surface area (Å²) in [6, 6.07) is 7.42. The molecule has 5 nitrogen and oxygen atoms in total. The first kappa shape index (κ1) is 14.6. The molecular weight excluding hydrogens is 320 g/mol. The van der Waals surface area contributed by atoms with E-state index in [0.29, 0.717) is 11.6 Å². The number of nitrogen functional groups attached to an aromatic ring is 1. The number of nitrogens with one attached hydrogen (secondary N) is 1. The molecule has 0 bridgehead atoms. The zero-order valence-corrected chi connectivity index (χ0v) is 13.2. The van der Waals surface area contributed by atoms with Crippen molar-refractivity contribution >= 4 is 33.3 Å². The highest BCUT2D eigenvalue weighted by atomic mass is 79.9. The topological polar surface area (TPSA) is 73.1 Å². The maximum atomic E-state index is 5.81. The normalized spacial score (nSPS) is 10.7. The fourth-order valence-electron chi connectivity index (χ4n) is 1.71. The first-order valence-electron chi connectivity index (χ1n) is 6.24. The number of nitrogens with two attached hydrogens (primary N) is 1. The summed E-state index contributed by atoms with van der Waals surface area (Å²) in [7, 11) is 1.63. The summed E-state index contributed by atoms with van der Waals surface area (Å²) in [5, 5.41) is 3.21. The second-order valence-corrected chi connectivity index (χ2v) is 5.61. The van der Waals surface area contributed by atoms with Crippen molar-refractivity contribution in [2.75, 3.05) is 18.2 Å². The van der Waals surface area contributed by atoms with Gasteiger partial charge in [-0.25, -0.2) is 9.97 Å². The van der Waals surface area contributed by atoms with E-state index in [1.165, 1.54) is 0 Å². The molecule has 0 fully saturated rings. The van der Waals surface area contributed by atoms with Gasteiger partial charge in [-0.15, -0.1) is 0 Å². The van der Waals surface area contributed by atoms with E-state index in [4.69, 9.17) is 10.5 Å². The number of rotatable bonds is 4. The molecule has 1 aromatic carbocycles. The maximum absolute atomic E-state index is 5.81. The van der Waals surface area contributed by atoms with Crippen LogP contribution in [0.4, 0.5) is 17.3 Å². The lowest BCUT2D eigenvalue weighted by Crippen LogP contribution is -2.05. The Kier molecular flexibility index (Phi) is 4.44. The molecule has 106 valence electrons. The quantitative estimate of drug-likeness (QED) is 0.890. The fraction of sp³-hybridized carbons (Fsp3) is 0.286. The van der Waals surface area contributed by atoms with E-state index in [2.05, 4.69) is 31.2 Å². The third-order valence-corrected chi connectivity index (χ3v) is 3.12. The van der Waals surface area contributed by atoms with Crippen molar-refractivity contribution in [1.29, 1.82) is 0 Å². The molecule has 0 amide bonds. The van der Waals surface area contributed by atoms with E-state index >= 15 is 0 Å². The second-order valence-electron chi connectivity index (χ2n) is 4.70.